The zero-order chi connectivity index (χ0) is 17.9. The smallest absolute Gasteiger partial charge is 0.258 e. The number of aromatic nitrogens is 2. The molecule has 0 saturated heterocycles. The monoisotopic (exact) mass is 360 g/mol. The van der Waals surface area contributed by atoms with E-state index in [0.29, 0.717) is 12.0 Å². The largest absolute Gasteiger partial charge is 0.345 e. The number of carbonyl (C=O) groups excluding carboxylic acids is 1. The predicted octanol–water partition coefficient (Wildman–Crippen LogP) is 1.80. The number of sulfonamides is 1. The predicted molar refractivity (Wildman–Crippen MR) is 92.3 cm³/mol. The molecule has 2 N–H and O–H groups in total. The van der Waals surface area contributed by atoms with Crippen molar-refractivity contribution in [2.24, 2.45) is 0 Å². The minimum absolute atomic E-state index is 0.00142. The molecule has 0 unspecified atom stereocenters. The first-order chi connectivity index (χ1) is 12.0. The number of nitrogens with one attached hydrogen (secondary N) is 2. The Kier molecular flexibility index (Phi) is 5.10. The second-order valence-electron chi connectivity index (χ2n) is 6.00. The van der Waals surface area contributed by atoms with Crippen molar-refractivity contribution in [3.8, 4) is 0 Å². The highest BCUT2D eigenvalue weighted by Crippen LogP contribution is 2.22. The van der Waals surface area contributed by atoms with Gasteiger partial charge in [0.15, 0.2) is 5.03 Å². The van der Waals surface area contributed by atoms with Gasteiger partial charge in [0.05, 0.1) is 6.04 Å². The quantitative estimate of drug-likeness (QED) is 0.784. The van der Waals surface area contributed by atoms with Gasteiger partial charge in [0.1, 0.15) is 0 Å². The molecular weight excluding hydrogens is 340 g/mol. The Hall–Kier alpha value is -2.32. The van der Waals surface area contributed by atoms with Crippen molar-refractivity contribution in [1.29, 1.82) is 0 Å². The highest BCUT2D eigenvalue weighted by atomic mass is 32.2. The van der Waals surface area contributed by atoms with Gasteiger partial charge in [-0.3, -0.25) is 9.78 Å². The van der Waals surface area contributed by atoms with E-state index in [9.17, 15) is 13.2 Å². The fourth-order valence-electron chi connectivity index (χ4n) is 2.40. The van der Waals surface area contributed by atoms with Gasteiger partial charge in [-0.1, -0.05) is 13.0 Å². The number of hydrogen-bond donors (Lipinski definition) is 2. The molecule has 1 aliphatic carbocycles. The van der Waals surface area contributed by atoms with E-state index in [1.807, 2.05) is 6.92 Å². The van der Waals surface area contributed by atoms with Crippen LogP contribution in [0.2, 0.25) is 0 Å². The maximum absolute atomic E-state index is 12.3. The molecule has 1 saturated carbocycles. The first-order valence-corrected chi connectivity index (χ1v) is 9.67. The van der Waals surface area contributed by atoms with Gasteiger partial charge < -0.3 is 5.32 Å². The first kappa shape index (κ1) is 17.5. The summed E-state index contributed by atoms with van der Waals surface area (Å²) in [6.07, 6.45) is 7.02. The fourth-order valence-corrected chi connectivity index (χ4v) is 3.64. The third kappa shape index (κ3) is 4.40. The zero-order valence-corrected chi connectivity index (χ0v) is 14.7. The van der Waals surface area contributed by atoms with Crippen LogP contribution in [0.1, 0.15) is 48.1 Å². The highest BCUT2D eigenvalue weighted by molar-refractivity contribution is 7.89. The average Bonchev–Trinajstić information content (AvgIpc) is 3.43. The Morgan fingerprint density at radius 3 is 2.52 bits per heavy atom. The molecule has 3 rings (SSSR count). The molecule has 7 nitrogen and oxygen atoms in total. The molecule has 0 radical (unpaired) electrons. The highest BCUT2D eigenvalue weighted by Gasteiger charge is 2.28. The molecule has 132 valence electrons. The van der Waals surface area contributed by atoms with Crippen molar-refractivity contribution in [1.82, 2.24) is 20.0 Å². The van der Waals surface area contributed by atoms with Gasteiger partial charge in [-0.2, -0.15) is 0 Å². The van der Waals surface area contributed by atoms with Crippen LogP contribution < -0.4 is 10.0 Å². The summed E-state index contributed by atoms with van der Waals surface area (Å²) in [6, 6.07) is 6.23. The molecule has 1 aliphatic rings. The topological polar surface area (TPSA) is 101 Å². The number of pyridine rings is 2. The van der Waals surface area contributed by atoms with Crippen LogP contribution in [-0.2, 0) is 10.0 Å². The molecule has 1 atom stereocenters. The van der Waals surface area contributed by atoms with Crippen molar-refractivity contribution in [2.75, 3.05) is 0 Å². The summed E-state index contributed by atoms with van der Waals surface area (Å²) in [5, 5.41) is 2.93. The standard InChI is InChI=1S/C17H20N4O3S/c1-2-15(20-17(22)12-7-9-18-10-8-12)13-3-6-16(19-11-13)25(23,24)21-14-4-5-14/h3,6-11,14-15,21H,2,4-5H2,1H3,(H,20,22)/t15-/m0/s1. The summed E-state index contributed by atoms with van der Waals surface area (Å²) in [5.41, 5.74) is 1.28. The van der Waals surface area contributed by atoms with E-state index in [1.54, 1.807) is 30.6 Å². The third-order valence-corrected chi connectivity index (χ3v) is 5.43. The third-order valence-electron chi connectivity index (χ3n) is 3.99. The molecule has 0 aromatic carbocycles. The summed E-state index contributed by atoms with van der Waals surface area (Å²) in [4.78, 5) is 20.2. The van der Waals surface area contributed by atoms with Crippen LogP contribution in [0.15, 0.2) is 47.9 Å². The van der Waals surface area contributed by atoms with Crippen LogP contribution in [0.25, 0.3) is 0 Å². The van der Waals surface area contributed by atoms with Crippen LogP contribution >= 0.6 is 0 Å². The minimum Gasteiger partial charge on any atom is -0.345 e. The Labute approximate surface area is 146 Å². The second-order valence-corrected chi connectivity index (χ2v) is 7.66. The lowest BCUT2D eigenvalue weighted by molar-refractivity contribution is 0.0935. The molecule has 2 aromatic rings. The number of hydrogen-bond acceptors (Lipinski definition) is 5. The van der Waals surface area contributed by atoms with Crippen LogP contribution in [0.4, 0.5) is 0 Å². The molecule has 0 spiro atoms. The summed E-state index contributed by atoms with van der Waals surface area (Å²) >= 11 is 0. The SMILES string of the molecule is CC[C@H](NC(=O)c1ccncc1)c1ccc(S(=O)(=O)NC2CC2)nc1. The summed E-state index contributed by atoms with van der Waals surface area (Å²) in [5.74, 6) is -0.207. The van der Waals surface area contributed by atoms with Gasteiger partial charge >= 0.3 is 0 Å². The Morgan fingerprint density at radius 2 is 1.96 bits per heavy atom. The zero-order valence-electron chi connectivity index (χ0n) is 13.8. The van der Waals surface area contributed by atoms with Gasteiger partial charge in [-0.25, -0.2) is 18.1 Å². The molecule has 2 heterocycles. The first-order valence-electron chi connectivity index (χ1n) is 8.19. The van der Waals surface area contributed by atoms with Crippen molar-refractivity contribution < 1.29 is 13.2 Å². The number of amides is 1. The van der Waals surface area contributed by atoms with Crippen molar-refractivity contribution in [3.63, 3.8) is 0 Å². The van der Waals surface area contributed by atoms with E-state index in [1.165, 1.54) is 12.3 Å². The number of nitrogens with zero attached hydrogens (tertiary/aromatic N) is 2. The molecule has 0 aliphatic heterocycles. The van der Waals surface area contributed by atoms with Gasteiger partial charge in [0.25, 0.3) is 15.9 Å². The van der Waals surface area contributed by atoms with Gasteiger partial charge in [-0.15, -0.1) is 0 Å². The molecule has 25 heavy (non-hydrogen) atoms. The summed E-state index contributed by atoms with van der Waals surface area (Å²) < 4.78 is 26.9. The van der Waals surface area contributed by atoms with E-state index in [0.717, 1.165) is 18.4 Å². The van der Waals surface area contributed by atoms with Crippen molar-refractivity contribution >= 4 is 15.9 Å². The molecule has 1 amide bonds. The maximum atomic E-state index is 12.3. The van der Waals surface area contributed by atoms with Gasteiger partial charge in [-0.05, 0) is 43.0 Å². The lowest BCUT2D eigenvalue weighted by Crippen LogP contribution is -2.29. The fraction of sp³-hybridized carbons (Fsp3) is 0.353. The van der Waals surface area contributed by atoms with Crippen molar-refractivity contribution in [3.05, 3.63) is 54.0 Å². The molecule has 0 bridgehead atoms. The Bertz CT molecular complexity index is 834. The number of carbonyl (C=O) groups is 1. The molecule has 1 fully saturated rings. The van der Waals surface area contributed by atoms with E-state index in [4.69, 9.17) is 0 Å². The van der Waals surface area contributed by atoms with Gasteiger partial charge in [0, 0.05) is 30.2 Å². The van der Waals surface area contributed by atoms with E-state index in [2.05, 4.69) is 20.0 Å². The van der Waals surface area contributed by atoms with E-state index < -0.39 is 10.0 Å². The summed E-state index contributed by atoms with van der Waals surface area (Å²) in [7, 11) is -3.57. The Morgan fingerprint density at radius 1 is 1.24 bits per heavy atom. The molecular formula is C17H20N4O3S. The molecule has 8 heteroatoms. The average molecular weight is 360 g/mol. The lowest BCUT2D eigenvalue weighted by atomic mass is 10.1. The van der Waals surface area contributed by atoms with Gasteiger partial charge in [0.2, 0.25) is 0 Å². The summed E-state index contributed by atoms with van der Waals surface area (Å²) in [6.45, 7) is 1.94. The van der Waals surface area contributed by atoms with Crippen LogP contribution in [0.5, 0.6) is 0 Å². The maximum Gasteiger partial charge on any atom is 0.258 e. The minimum atomic E-state index is -3.57. The van der Waals surface area contributed by atoms with Crippen molar-refractivity contribution in [2.45, 2.75) is 43.3 Å². The van der Waals surface area contributed by atoms with Crippen LogP contribution in [0, 0.1) is 0 Å². The van der Waals surface area contributed by atoms with Crippen LogP contribution in [-0.4, -0.2) is 30.3 Å². The van der Waals surface area contributed by atoms with E-state index >= 15 is 0 Å². The second kappa shape index (κ2) is 7.28. The van der Waals surface area contributed by atoms with Crippen LogP contribution in [0.3, 0.4) is 0 Å². The molecule has 2 aromatic heterocycles. The normalized spacial score (nSPS) is 15.6. The number of rotatable bonds is 7. The Balaban J connectivity index is 1.72. The lowest BCUT2D eigenvalue weighted by Gasteiger charge is -2.17. The van der Waals surface area contributed by atoms with E-state index in [-0.39, 0.29) is 23.0 Å².